The predicted molar refractivity (Wildman–Crippen MR) is 110 cm³/mol. The molecule has 0 bridgehead atoms. The molecule has 1 aromatic rings. The van der Waals surface area contributed by atoms with Crippen molar-refractivity contribution in [1.29, 1.82) is 0 Å². The van der Waals surface area contributed by atoms with E-state index < -0.39 is 5.25 Å². The number of carbonyl (C=O) groups excluding carboxylic acids is 2. The van der Waals surface area contributed by atoms with Crippen LogP contribution in [0.1, 0.15) is 41.0 Å². The summed E-state index contributed by atoms with van der Waals surface area (Å²) in [5.74, 6) is 0.278. The first-order valence-electron chi connectivity index (χ1n) is 8.82. The number of hydrogen-bond acceptors (Lipinski definition) is 6. The number of nitrogens with zero attached hydrogens (tertiary/aromatic N) is 2. The quantitative estimate of drug-likeness (QED) is 0.575. The van der Waals surface area contributed by atoms with E-state index in [4.69, 9.17) is 4.74 Å². The number of hydrogen-bond donors (Lipinski definition) is 2. The van der Waals surface area contributed by atoms with Gasteiger partial charge in [-0.2, -0.15) is 5.10 Å². The van der Waals surface area contributed by atoms with Crippen LogP contribution in [0.15, 0.2) is 34.5 Å². The van der Waals surface area contributed by atoms with Crippen molar-refractivity contribution in [2.45, 2.75) is 46.3 Å². The van der Waals surface area contributed by atoms with Crippen LogP contribution >= 0.6 is 11.8 Å². The van der Waals surface area contributed by atoms with Gasteiger partial charge < -0.3 is 15.4 Å². The van der Waals surface area contributed by atoms with Gasteiger partial charge in [0.15, 0.2) is 5.17 Å². The van der Waals surface area contributed by atoms with Crippen molar-refractivity contribution >= 4 is 40.1 Å². The van der Waals surface area contributed by atoms with Crippen LogP contribution in [0.4, 0.5) is 5.69 Å². The van der Waals surface area contributed by atoms with E-state index in [1.807, 2.05) is 34.6 Å². The van der Waals surface area contributed by atoms with Gasteiger partial charge in [0.25, 0.3) is 0 Å². The van der Waals surface area contributed by atoms with Gasteiger partial charge >= 0.3 is 0 Å². The lowest BCUT2D eigenvalue weighted by molar-refractivity contribution is -0.122. The van der Waals surface area contributed by atoms with Gasteiger partial charge in [-0.3, -0.25) is 9.59 Å². The molecule has 1 unspecified atom stereocenters. The van der Waals surface area contributed by atoms with E-state index in [1.54, 1.807) is 24.3 Å². The Kier molecular flexibility index (Phi) is 7.01. The molecule has 2 rings (SSSR count). The maximum Gasteiger partial charge on any atom is 0.240 e. The Balaban J connectivity index is 1.91. The molecule has 1 fully saturated rings. The Morgan fingerprint density at radius 1 is 1.30 bits per heavy atom. The number of ether oxygens (including phenoxy) is 1. The van der Waals surface area contributed by atoms with Crippen molar-refractivity contribution in [3.63, 3.8) is 0 Å². The van der Waals surface area contributed by atoms with E-state index in [0.29, 0.717) is 17.5 Å². The van der Waals surface area contributed by atoms with E-state index in [9.17, 15) is 9.59 Å². The molecule has 1 aromatic carbocycles. The summed E-state index contributed by atoms with van der Waals surface area (Å²) in [6, 6.07) is 7.11. The van der Waals surface area contributed by atoms with Crippen LogP contribution in [-0.2, 0) is 9.59 Å². The second kappa shape index (κ2) is 9.03. The summed E-state index contributed by atoms with van der Waals surface area (Å²) >= 11 is 1.22. The molecule has 1 heterocycles. The summed E-state index contributed by atoms with van der Waals surface area (Å²) in [5.41, 5.74) is 1.43. The molecule has 27 heavy (non-hydrogen) atoms. The molecule has 8 heteroatoms. The second-order valence-corrected chi connectivity index (χ2v) is 8.34. The largest absolute Gasteiger partial charge is 0.494 e. The fourth-order valence-corrected chi connectivity index (χ4v) is 2.96. The van der Waals surface area contributed by atoms with Crippen LogP contribution in [-0.4, -0.2) is 34.6 Å². The zero-order valence-electron chi connectivity index (χ0n) is 16.3. The van der Waals surface area contributed by atoms with Crippen LogP contribution in [0.25, 0.3) is 0 Å². The molecule has 2 amide bonds. The van der Waals surface area contributed by atoms with Gasteiger partial charge in [-0.25, -0.2) is 0 Å². The molecular weight excluding hydrogens is 364 g/mol. The fourth-order valence-electron chi connectivity index (χ4n) is 2.04. The molecule has 0 aromatic heterocycles. The number of anilines is 1. The highest BCUT2D eigenvalue weighted by Crippen LogP contribution is 2.24. The first-order valence-corrected chi connectivity index (χ1v) is 9.70. The number of amides is 2. The second-order valence-electron chi connectivity index (χ2n) is 7.15. The lowest BCUT2D eigenvalue weighted by atomic mass is 9.91. The minimum absolute atomic E-state index is 0.0602. The van der Waals surface area contributed by atoms with E-state index in [1.165, 1.54) is 11.8 Å². The number of carbonyl (C=O) groups is 2. The molecule has 0 aliphatic carbocycles. The van der Waals surface area contributed by atoms with E-state index in [0.717, 1.165) is 11.5 Å². The maximum absolute atomic E-state index is 12.2. The number of amidine groups is 1. The molecule has 1 aliphatic rings. The van der Waals surface area contributed by atoms with E-state index in [-0.39, 0.29) is 23.7 Å². The topological polar surface area (TPSA) is 92.2 Å². The number of thioether (sulfide) groups is 1. The van der Waals surface area contributed by atoms with Crippen molar-refractivity contribution in [2.75, 3.05) is 11.9 Å². The number of nitrogens with one attached hydrogen (secondary N) is 2. The highest BCUT2D eigenvalue weighted by atomic mass is 32.2. The molecule has 1 aliphatic heterocycles. The lowest BCUT2D eigenvalue weighted by Crippen LogP contribution is -2.28. The van der Waals surface area contributed by atoms with Gasteiger partial charge in [-0.1, -0.05) is 32.5 Å². The van der Waals surface area contributed by atoms with Gasteiger partial charge in [0.05, 0.1) is 6.61 Å². The maximum atomic E-state index is 12.2. The van der Waals surface area contributed by atoms with Gasteiger partial charge in [0, 0.05) is 23.2 Å². The molecular formula is C19H26N4O3S. The standard InChI is InChI=1S/C19H26N4O3S/c1-6-26-14-9-7-13(8-10-14)20-16(24)11-15-17(25)21-18(27-15)23-22-12(2)19(3,4)5/h7-10,15H,6,11H2,1-5H3,(H,20,24)(H,21,23,25). The third kappa shape index (κ3) is 6.39. The molecule has 7 nitrogen and oxygen atoms in total. The van der Waals surface area contributed by atoms with Crippen molar-refractivity contribution in [2.24, 2.45) is 15.6 Å². The molecule has 0 saturated carbocycles. The monoisotopic (exact) mass is 390 g/mol. The van der Waals surface area contributed by atoms with Crippen LogP contribution in [0.3, 0.4) is 0 Å². The average molecular weight is 391 g/mol. The van der Waals surface area contributed by atoms with Gasteiger partial charge in [-0.15, -0.1) is 5.10 Å². The van der Waals surface area contributed by atoms with Crippen molar-refractivity contribution in [1.82, 2.24) is 5.32 Å². The zero-order chi connectivity index (χ0) is 20.0. The first-order chi connectivity index (χ1) is 12.7. The summed E-state index contributed by atoms with van der Waals surface area (Å²) in [7, 11) is 0. The molecule has 146 valence electrons. The van der Waals surface area contributed by atoms with Crippen LogP contribution in [0.2, 0.25) is 0 Å². The van der Waals surface area contributed by atoms with Gasteiger partial charge in [0.2, 0.25) is 11.8 Å². The van der Waals surface area contributed by atoms with Crippen LogP contribution < -0.4 is 15.4 Å². The van der Waals surface area contributed by atoms with Crippen molar-refractivity contribution < 1.29 is 14.3 Å². The minimum atomic E-state index is -0.517. The lowest BCUT2D eigenvalue weighted by Gasteiger charge is -2.16. The SMILES string of the molecule is CCOc1ccc(NC(=O)CC2SC(=NN=C(C)C(C)(C)C)NC2=O)cc1. The summed E-state index contributed by atoms with van der Waals surface area (Å²) in [6.07, 6.45) is 0.0602. The Hall–Kier alpha value is -2.35. The highest BCUT2D eigenvalue weighted by molar-refractivity contribution is 8.15. The zero-order valence-corrected chi connectivity index (χ0v) is 17.1. The molecule has 0 spiro atoms. The average Bonchev–Trinajstić information content (AvgIpc) is 2.93. The summed E-state index contributed by atoms with van der Waals surface area (Å²) in [4.78, 5) is 24.3. The first kappa shape index (κ1) is 21.0. The Labute approximate surface area is 164 Å². The number of benzene rings is 1. The van der Waals surface area contributed by atoms with Gasteiger partial charge in [-0.05, 0) is 38.1 Å². The third-order valence-electron chi connectivity index (χ3n) is 3.97. The van der Waals surface area contributed by atoms with E-state index in [2.05, 4.69) is 20.8 Å². The van der Waals surface area contributed by atoms with Crippen molar-refractivity contribution in [3.8, 4) is 5.75 Å². The minimum Gasteiger partial charge on any atom is -0.494 e. The van der Waals surface area contributed by atoms with Gasteiger partial charge in [0.1, 0.15) is 11.0 Å². The number of rotatable bonds is 6. The van der Waals surface area contributed by atoms with Crippen molar-refractivity contribution in [3.05, 3.63) is 24.3 Å². The summed E-state index contributed by atoms with van der Waals surface area (Å²) in [6.45, 7) is 10.5. The van der Waals surface area contributed by atoms with E-state index >= 15 is 0 Å². The van der Waals surface area contributed by atoms with Crippen LogP contribution in [0.5, 0.6) is 5.75 Å². The molecule has 2 N–H and O–H groups in total. The summed E-state index contributed by atoms with van der Waals surface area (Å²) < 4.78 is 5.37. The Morgan fingerprint density at radius 3 is 2.56 bits per heavy atom. The highest BCUT2D eigenvalue weighted by Gasteiger charge is 2.32. The Morgan fingerprint density at radius 2 is 1.96 bits per heavy atom. The summed E-state index contributed by atoms with van der Waals surface area (Å²) in [5, 5.41) is 13.6. The smallest absolute Gasteiger partial charge is 0.240 e. The Bertz CT molecular complexity index is 751. The fraction of sp³-hybridized carbons (Fsp3) is 0.474. The predicted octanol–water partition coefficient (Wildman–Crippen LogP) is 3.42. The van der Waals surface area contributed by atoms with Crippen LogP contribution in [0, 0.1) is 5.41 Å². The molecule has 1 saturated heterocycles. The normalized spacial score (nSPS) is 19.1. The third-order valence-corrected chi connectivity index (χ3v) is 5.04. The molecule has 0 radical (unpaired) electrons. The molecule has 1 atom stereocenters.